The van der Waals surface area contributed by atoms with Gasteiger partial charge in [-0.15, -0.1) is 0 Å². The lowest BCUT2D eigenvalue weighted by Gasteiger charge is -2.29. The van der Waals surface area contributed by atoms with Crippen molar-refractivity contribution in [1.29, 1.82) is 0 Å². The molecule has 6 nitrogen and oxygen atoms in total. The molecule has 1 aliphatic heterocycles. The smallest absolute Gasteiger partial charge is 0.275 e. The molecule has 1 unspecified atom stereocenters. The van der Waals surface area contributed by atoms with Crippen LogP contribution in [0.4, 0.5) is 0 Å². The summed E-state index contributed by atoms with van der Waals surface area (Å²) in [6.45, 7) is 5.52. The van der Waals surface area contributed by atoms with Crippen molar-refractivity contribution >= 4 is 17.5 Å². The third-order valence-corrected chi connectivity index (χ3v) is 4.84. The van der Waals surface area contributed by atoms with Gasteiger partial charge < -0.3 is 15.0 Å². The van der Waals surface area contributed by atoms with Crippen LogP contribution >= 0.6 is 0 Å². The maximum atomic E-state index is 12.9. The van der Waals surface area contributed by atoms with Crippen LogP contribution in [0.2, 0.25) is 0 Å². The molecule has 0 radical (unpaired) electrons. The van der Waals surface area contributed by atoms with E-state index in [2.05, 4.69) is 10.3 Å². The van der Waals surface area contributed by atoms with E-state index in [4.69, 9.17) is 4.74 Å². The molecule has 0 aliphatic carbocycles. The summed E-state index contributed by atoms with van der Waals surface area (Å²) in [7, 11) is 1.61. The van der Waals surface area contributed by atoms with Crippen molar-refractivity contribution in [2.45, 2.75) is 32.5 Å². The van der Waals surface area contributed by atoms with E-state index in [1.807, 2.05) is 75.4 Å². The second-order valence-electron chi connectivity index (χ2n) is 7.27. The van der Waals surface area contributed by atoms with Crippen LogP contribution in [0.25, 0.3) is 0 Å². The van der Waals surface area contributed by atoms with E-state index in [-0.39, 0.29) is 24.4 Å². The third kappa shape index (κ3) is 4.06. The second-order valence-corrected chi connectivity index (χ2v) is 7.27. The zero-order chi connectivity index (χ0) is 20.3. The number of nitrogens with zero attached hydrogens (tertiary/aromatic N) is 2. The summed E-state index contributed by atoms with van der Waals surface area (Å²) in [5.74, 6) is 0.301. The Balaban J connectivity index is 1.67. The van der Waals surface area contributed by atoms with E-state index in [1.165, 1.54) is 4.90 Å². The van der Waals surface area contributed by atoms with E-state index in [9.17, 15) is 9.59 Å². The summed E-state index contributed by atoms with van der Waals surface area (Å²) in [6.07, 6.45) is 0. The number of methoxy groups -OCH3 is 1. The predicted molar refractivity (Wildman–Crippen MR) is 108 cm³/mol. The van der Waals surface area contributed by atoms with Crippen molar-refractivity contribution in [3.05, 3.63) is 65.7 Å². The molecule has 2 aromatic rings. The summed E-state index contributed by atoms with van der Waals surface area (Å²) in [5, 5.41) is 2.95. The lowest BCUT2D eigenvalue weighted by molar-refractivity contribution is -0.134. The molecule has 0 fully saturated rings. The van der Waals surface area contributed by atoms with Gasteiger partial charge in [0.1, 0.15) is 23.7 Å². The molecule has 2 amide bonds. The average molecular weight is 379 g/mol. The van der Waals surface area contributed by atoms with Gasteiger partial charge in [-0.1, -0.05) is 42.5 Å². The van der Waals surface area contributed by atoms with E-state index in [0.29, 0.717) is 5.71 Å². The first-order valence-corrected chi connectivity index (χ1v) is 9.22. The number of amides is 2. The number of rotatable bonds is 6. The molecular weight excluding hydrogens is 354 g/mol. The number of hydrogen-bond acceptors (Lipinski definition) is 4. The minimum atomic E-state index is -0.775. The molecule has 1 N–H and O–H groups in total. The monoisotopic (exact) mass is 379 g/mol. The number of carbonyl (C=O) groups is 2. The van der Waals surface area contributed by atoms with E-state index >= 15 is 0 Å². The highest BCUT2D eigenvalue weighted by Crippen LogP contribution is 2.26. The molecule has 2 aromatic carbocycles. The molecule has 6 heteroatoms. The minimum Gasteiger partial charge on any atom is -0.497 e. The zero-order valence-corrected chi connectivity index (χ0v) is 16.6. The molecule has 146 valence electrons. The normalized spacial score (nSPS) is 16.5. The van der Waals surface area contributed by atoms with Crippen LogP contribution in [-0.4, -0.2) is 41.7 Å². The van der Waals surface area contributed by atoms with Crippen molar-refractivity contribution < 1.29 is 14.3 Å². The standard InChI is InChI=1S/C22H25N3O3/c1-15(16-10-12-18(28-4)13-11-16)23-19(26)14-25-21(27)20(24-22(25,2)3)17-8-6-5-7-9-17/h5-13,15H,14H2,1-4H3,(H,23,26). The minimum absolute atomic E-state index is 0.0494. The molecular formula is C22H25N3O3. The van der Waals surface area contributed by atoms with Gasteiger partial charge in [-0.25, -0.2) is 0 Å². The summed E-state index contributed by atoms with van der Waals surface area (Å²) in [4.78, 5) is 31.6. The Bertz CT molecular complexity index is 889. The van der Waals surface area contributed by atoms with E-state index in [0.717, 1.165) is 16.9 Å². The topological polar surface area (TPSA) is 71.0 Å². The van der Waals surface area contributed by atoms with Crippen LogP contribution in [0.3, 0.4) is 0 Å². The van der Waals surface area contributed by atoms with Gasteiger partial charge in [0, 0.05) is 5.56 Å². The van der Waals surface area contributed by atoms with Crippen LogP contribution in [0.15, 0.2) is 59.6 Å². The molecule has 28 heavy (non-hydrogen) atoms. The van der Waals surface area contributed by atoms with Gasteiger partial charge in [0.05, 0.1) is 13.2 Å². The number of ether oxygens (including phenoxy) is 1. The molecule has 3 rings (SSSR count). The Morgan fingerprint density at radius 1 is 1.14 bits per heavy atom. The first-order chi connectivity index (χ1) is 13.3. The Morgan fingerprint density at radius 2 is 1.79 bits per heavy atom. The molecule has 1 atom stereocenters. The maximum Gasteiger partial charge on any atom is 0.275 e. The van der Waals surface area contributed by atoms with Crippen LogP contribution < -0.4 is 10.1 Å². The van der Waals surface area contributed by atoms with E-state index in [1.54, 1.807) is 7.11 Å². The third-order valence-electron chi connectivity index (χ3n) is 4.84. The Hall–Kier alpha value is -3.15. The number of nitrogens with one attached hydrogen (secondary N) is 1. The summed E-state index contributed by atoms with van der Waals surface area (Å²) in [6, 6.07) is 16.7. The van der Waals surface area contributed by atoms with Gasteiger partial charge in [0.25, 0.3) is 5.91 Å². The molecule has 1 heterocycles. The number of hydrogen-bond donors (Lipinski definition) is 1. The van der Waals surface area contributed by atoms with Crippen LogP contribution in [0, 0.1) is 0 Å². The number of benzene rings is 2. The quantitative estimate of drug-likeness (QED) is 0.839. The fraction of sp³-hybridized carbons (Fsp3) is 0.318. The summed E-state index contributed by atoms with van der Waals surface area (Å²) < 4.78 is 5.16. The lowest BCUT2D eigenvalue weighted by Crippen LogP contribution is -2.48. The van der Waals surface area contributed by atoms with Crippen molar-refractivity contribution in [1.82, 2.24) is 10.2 Å². The van der Waals surface area contributed by atoms with Gasteiger partial charge in [0.2, 0.25) is 5.91 Å². The highest BCUT2D eigenvalue weighted by atomic mass is 16.5. The second kappa shape index (κ2) is 7.84. The Kier molecular flexibility index (Phi) is 5.49. The number of aliphatic imine (C=N–C) groups is 1. The fourth-order valence-electron chi connectivity index (χ4n) is 3.21. The van der Waals surface area contributed by atoms with Gasteiger partial charge in [-0.3, -0.25) is 14.6 Å². The Labute approximate surface area is 165 Å². The molecule has 0 aromatic heterocycles. The molecule has 0 saturated heterocycles. The summed E-state index contributed by atoms with van der Waals surface area (Å²) >= 11 is 0. The van der Waals surface area contributed by atoms with Gasteiger partial charge in [-0.05, 0) is 38.5 Å². The highest BCUT2D eigenvalue weighted by Gasteiger charge is 2.41. The molecule has 0 bridgehead atoms. The number of carbonyl (C=O) groups excluding carboxylic acids is 2. The van der Waals surface area contributed by atoms with Crippen LogP contribution in [0.1, 0.15) is 37.9 Å². The van der Waals surface area contributed by atoms with Gasteiger partial charge in [0.15, 0.2) is 0 Å². The fourth-order valence-corrected chi connectivity index (χ4v) is 3.21. The molecule has 0 spiro atoms. The first-order valence-electron chi connectivity index (χ1n) is 9.22. The van der Waals surface area contributed by atoms with Crippen LogP contribution in [-0.2, 0) is 9.59 Å². The SMILES string of the molecule is COc1ccc(C(C)NC(=O)CN2C(=O)C(c3ccccc3)=NC2(C)C)cc1. The van der Waals surface area contributed by atoms with Crippen LogP contribution in [0.5, 0.6) is 5.75 Å². The predicted octanol–water partition coefficient (Wildman–Crippen LogP) is 2.94. The van der Waals surface area contributed by atoms with Gasteiger partial charge >= 0.3 is 0 Å². The molecule has 1 aliphatic rings. The van der Waals surface area contributed by atoms with E-state index < -0.39 is 5.66 Å². The van der Waals surface area contributed by atoms with Crippen molar-refractivity contribution in [2.75, 3.05) is 13.7 Å². The zero-order valence-electron chi connectivity index (χ0n) is 16.6. The lowest BCUT2D eigenvalue weighted by atomic mass is 10.1. The Morgan fingerprint density at radius 3 is 2.39 bits per heavy atom. The summed E-state index contributed by atoms with van der Waals surface area (Å²) in [5.41, 5.74) is 1.34. The van der Waals surface area contributed by atoms with Crippen molar-refractivity contribution in [2.24, 2.45) is 4.99 Å². The largest absolute Gasteiger partial charge is 0.497 e. The van der Waals surface area contributed by atoms with Crippen molar-refractivity contribution in [3.8, 4) is 5.75 Å². The maximum absolute atomic E-state index is 12.9. The average Bonchev–Trinajstić information content (AvgIpc) is 2.92. The molecule has 0 saturated carbocycles. The van der Waals surface area contributed by atoms with Gasteiger partial charge in [-0.2, -0.15) is 0 Å². The highest BCUT2D eigenvalue weighted by molar-refractivity contribution is 6.46. The first kappa shape index (κ1) is 19.6. The van der Waals surface area contributed by atoms with Crippen molar-refractivity contribution in [3.63, 3.8) is 0 Å².